The molecule has 1 aliphatic heterocycles. The SMILES string of the molecule is CCCN1CCC(NS(=O)(=O)N(C)C2CCCCC2)CC1. The average Bonchev–Trinajstić information content (AvgIpc) is 2.49. The third kappa shape index (κ3) is 4.91. The Morgan fingerprint density at radius 3 is 2.29 bits per heavy atom. The van der Waals surface area contributed by atoms with E-state index in [-0.39, 0.29) is 12.1 Å². The maximum absolute atomic E-state index is 12.5. The number of piperidine rings is 1. The molecular formula is C15H31N3O2S. The van der Waals surface area contributed by atoms with Crippen molar-refractivity contribution in [2.75, 3.05) is 26.7 Å². The molecule has 0 aromatic rings. The van der Waals surface area contributed by atoms with E-state index in [9.17, 15) is 8.42 Å². The van der Waals surface area contributed by atoms with E-state index < -0.39 is 10.2 Å². The molecule has 0 aromatic carbocycles. The summed E-state index contributed by atoms with van der Waals surface area (Å²) in [6.45, 7) is 5.33. The van der Waals surface area contributed by atoms with Crippen molar-refractivity contribution in [1.82, 2.24) is 13.9 Å². The second kappa shape index (κ2) is 7.90. The molecule has 6 heteroatoms. The summed E-state index contributed by atoms with van der Waals surface area (Å²) >= 11 is 0. The first-order valence-electron chi connectivity index (χ1n) is 8.50. The summed E-state index contributed by atoms with van der Waals surface area (Å²) in [6, 6.07) is 0.297. The summed E-state index contributed by atoms with van der Waals surface area (Å²) in [5.74, 6) is 0. The zero-order valence-electron chi connectivity index (χ0n) is 13.6. The smallest absolute Gasteiger partial charge is 0.279 e. The van der Waals surface area contributed by atoms with Crippen LogP contribution in [0.4, 0.5) is 0 Å². The Kier molecular flexibility index (Phi) is 6.47. The van der Waals surface area contributed by atoms with E-state index in [4.69, 9.17) is 0 Å². The lowest BCUT2D eigenvalue weighted by Gasteiger charge is -2.35. The van der Waals surface area contributed by atoms with Crippen LogP contribution in [0.2, 0.25) is 0 Å². The van der Waals surface area contributed by atoms with Crippen LogP contribution >= 0.6 is 0 Å². The summed E-state index contributed by atoms with van der Waals surface area (Å²) in [4.78, 5) is 2.43. The van der Waals surface area contributed by atoms with E-state index in [2.05, 4.69) is 16.5 Å². The predicted octanol–water partition coefficient (Wildman–Crippen LogP) is 1.96. The molecule has 1 heterocycles. The van der Waals surface area contributed by atoms with Crippen LogP contribution in [0.25, 0.3) is 0 Å². The fourth-order valence-electron chi connectivity index (χ4n) is 3.53. The molecule has 5 nitrogen and oxygen atoms in total. The first-order chi connectivity index (χ1) is 10.0. The van der Waals surface area contributed by atoms with Gasteiger partial charge < -0.3 is 4.90 Å². The van der Waals surface area contributed by atoms with Gasteiger partial charge in [-0.3, -0.25) is 0 Å². The molecule has 0 unspecified atom stereocenters. The van der Waals surface area contributed by atoms with Gasteiger partial charge in [0, 0.05) is 19.1 Å². The fraction of sp³-hybridized carbons (Fsp3) is 1.00. The van der Waals surface area contributed by atoms with Gasteiger partial charge in [-0.05, 0) is 51.7 Å². The van der Waals surface area contributed by atoms with E-state index in [1.54, 1.807) is 11.4 Å². The number of nitrogens with zero attached hydrogens (tertiary/aromatic N) is 2. The molecule has 1 aliphatic carbocycles. The molecule has 1 saturated heterocycles. The van der Waals surface area contributed by atoms with E-state index in [0.717, 1.165) is 58.2 Å². The van der Waals surface area contributed by atoms with E-state index >= 15 is 0 Å². The van der Waals surface area contributed by atoms with E-state index in [1.165, 1.54) is 12.8 Å². The van der Waals surface area contributed by atoms with Gasteiger partial charge in [0.05, 0.1) is 0 Å². The zero-order chi connectivity index (χ0) is 15.3. The van der Waals surface area contributed by atoms with Crippen molar-refractivity contribution in [3.8, 4) is 0 Å². The average molecular weight is 317 g/mol. The highest BCUT2D eigenvalue weighted by Gasteiger charge is 2.30. The monoisotopic (exact) mass is 317 g/mol. The van der Waals surface area contributed by atoms with Gasteiger partial charge in [0.15, 0.2) is 0 Å². The van der Waals surface area contributed by atoms with Gasteiger partial charge in [-0.15, -0.1) is 0 Å². The second-order valence-electron chi connectivity index (χ2n) is 6.55. The van der Waals surface area contributed by atoms with Gasteiger partial charge in [0.2, 0.25) is 0 Å². The Hall–Kier alpha value is -0.170. The van der Waals surface area contributed by atoms with Crippen LogP contribution in [0.5, 0.6) is 0 Å². The van der Waals surface area contributed by atoms with Crippen LogP contribution in [0, 0.1) is 0 Å². The minimum absolute atomic E-state index is 0.106. The molecule has 2 aliphatic rings. The van der Waals surface area contributed by atoms with Crippen LogP contribution in [0.1, 0.15) is 58.3 Å². The summed E-state index contributed by atoms with van der Waals surface area (Å²) in [5, 5.41) is 0. The Balaban J connectivity index is 1.83. The van der Waals surface area contributed by atoms with Crippen LogP contribution in [0.15, 0.2) is 0 Å². The van der Waals surface area contributed by atoms with Gasteiger partial charge in [-0.25, -0.2) is 0 Å². The van der Waals surface area contributed by atoms with Crippen LogP contribution < -0.4 is 4.72 Å². The van der Waals surface area contributed by atoms with Crippen molar-refractivity contribution < 1.29 is 8.42 Å². The van der Waals surface area contributed by atoms with E-state index in [1.807, 2.05) is 0 Å². The molecule has 21 heavy (non-hydrogen) atoms. The van der Waals surface area contributed by atoms with E-state index in [0.29, 0.717) is 0 Å². The molecule has 124 valence electrons. The lowest BCUT2D eigenvalue weighted by atomic mass is 9.96. The van der Waals surface area contributed by atoms with Crippen molar-refractivity contribution >= 4 is 10.2 Å². The molecule has 0 amide bonds. The summed E-state index contributed by atoms with van der Waals surface area (Å²) in [6.07, 6.45) is 8.59. The highest BCUT2D eigenvalue weighted by molar-refractivity contribution is 7.87. The molecular weight excluding hydrogens is 286 g/mol. The second-order valence-corrected chi connectivity index (χ2v) is 8.31. The third-order valence-corrected chi connectivity index (χ3v) is 6.60. The minimum atomic E-state index is -3.32. The molecule has 1 saturated carbocycles. The van der Waals surface area contributed by atoms with Gasteiger partial charge in [0.25, 0.3) is 10.2 Å². The highest BCUT2D eigenvalue weighted by atomic mass is 32.2. The van der Waals surface area contributed by atoms with Crippen molar-refractivity contribution in [3.63, 3.8) is 0 Å². The molecule has 2 fully saturated rings. The molecule has 0 aromatic heterocycles. The number of nitrogens with one attached hydrogen (secondary N) is 1. The maximum atomic E-state index is 12.5. The number of hydrogen-bond donors (Lipinski definition) is 1. The predicted molar refractivity (Wildman–Crippen MR) is 86.4 cm³/mol. The molecule has 0 spiro atoms. The van der Waals surface area contributed by atoms with Crippen molar-refractivity contribution in [1.29, 1.82) is 0 Å². The highest BCUT2D eigenvalue weighted by Crippen LogP contribution is 2.23. The van der Waals surface area contributed by atoms with Crippen molar-refractivity contribution in [3.05, 3.63) is 0 Å². The molecule has 0 atom stereocenters. The van der Waals surface area contributed by atoms with Gasteiger partial charge in [0.1, 0.15) is 0 Å². The third-order valence-electron chi connectivity index (χ3n) is 4.91. The Labute approximate surface area is 130 Å². The van der Waals surface area contributed by atoms with Crippen LogP contribution in [-0.2, 0) is 10.2 Å². The molecule has 2 rings (SSSR count). The summed E-state index contributed by atoms with van der Waals surface area (Å²) in [5.41, 5.74) is 0. The standard InChI is InChI=1S/C15H31N3O2S/c1-3-11-18-12-9-14(10-13-18)16-21(19,20)17(2)15-7-5-4-6-8-15/h14-16H,3-13H2,1-2H3. The van der Waals surface area contributed by atoms with Crippen LogP contribution in [0.3, 0.4) is 0 Å². The molecule has 0 bridgehead atoms. The number of hydrogen-bond acceptors (Lipinski definition) is 3. The zero-order valence-corrected chi connectivity index (χ0v) is 14.4. The first-order valence-corrected chi connectivity index (χ1v) is 9.94. The van der Waals surface area contributed by atoms with Crippen molar-refractivity contribution in [2.24, 2.45) is 0 Å². The van der Waals surface area contributed by atoms with Crippen LogP contribution in [-0.4, -0.2) is 56.4 Å². The largest absolute Gasteiger partial charge is 0.303 e. The molecule has 0 radical (unpaired) electrons. The fourth-order valence-corrected chi connectivity index (χ4v) is 4.95. The first kappa shape index (κ1) is 17.2. The Bertz CT molecular complexity index is 399. The quantitative estimate of drug-likeness (QED) is 0.815. The van der Waals surface area contributed by atoms with Gasteiger partial charge in [-0.2, -0.15) is 17.4 Å². The number of rotatable bonds is 6. The maximum Gasteiger partial charge on any atom is 0.279 e. The van der Waals surface area contributed by atoms with Gasteiger partial charge >= 0.3 is 0 Å². The minimum Gasteiger partial charge on any atom is -0.303 e. The lowest BCUT2D eigenvalue weighted by Crippen LogP contribution is -2.51. The Morgan fingerprint density at radius 2 is 1.71 bits per heavy atom. The number of likely N-dealkylation sites (tertiary alicyclic amines) is 1. The lowest BCUT2D eigenvalue weighted by molar-refractivity contribution is 0.205. The van der Waals surface area contributed by atoms with Crippen molar-refractivity contribution in [2.45, 2.75) is 70.4 Å². The normalized spacial score (nSPS) is 23.8. The Morgan fingerprint density at radius 1 is 1.10 bits per heavy atom. The van der Waals surface area contributed by atoms with Gasteiger partial charge in [-0.1, -0.05) is 26.2 Å². The topological polar surface area (TPSA) is 52.7 Å². The summed E-state index contributed by atoms with van der Waals surface area (Å²) < 4.78 is 29.5. The molecule has 1 N–H and O–H groups in total. The summed E-state index contributed by atoms with van der Waals surface area (Å²) in [7, 11) is -1.58.